The second-order valence-electron chi connectivity index (χ2n) is 8.28. The summed E-state index contributed by atoms with van der Waals surface area (Å²) in [6.07, 6.45) is -2.81. The van der Waals surface area contributed by atoms with Crippen LogP contribution in [0.1, 0.15) is 50.3 Å². The van der Waals surface area contributed by atoms with Crippen LogP contribution < -0.4 is 10.6 Å². The second kappa shape index (κ2) is 9.37. The molecule has 0 saturated heterocycles. The van der Waals surface area contributed by atoms with E-state index in [4.69, 9.17) is 0 Å². The van der Waals surface area contributed by atoms with Gasteiger partial charge in [0.25, 0.3) is 0 Å². The Labute approximate surface area is 181 Å². The molecule has 164 valence electrons. The Kier molecular flexibility index (Phi) is 6.83. The third-order valence-electron chi connectivity index (χ3n) is 4.76. The molecule has 0 atom stereocenters. The minimum absolute atomic E-state index is 0.0899. The van der Waals surface area contributed by atoms with Crippen LogP contribution in [0.3, 0.4) is 0 Å². The highest BCUT2D eigenvalue weighted by Gasteiger charge is 2.35. The molecule has 1 aromatic heterocycles. The Bertz CT molecular complexity index is 1010. The standard InChI is InChI=1S/C24H27F3N4/c1-15(2)12-17-8-10-19(11-9-17)30-23-28-14-21(24(25,26)27)22(31-23)29-20-7-5-6-18(13-20)16(3)4/h5-11,13-16H,12H2,1-4H3,(H2,28,29,30,31). The summed E-state index contributed by atoms with van der Waals surface area (Å²) < 4.78 is 40.6. The lowest BCUT2D eigenvalue weighted by molar-refractivity contribution is -0.137. The summed E-state index contributed by atoms with van der Waals surface area (Å²) in [5.41, 5.74) is 2.55. The molecule has 0 spiro atoms. The van der Waals surface area contributed by atoms with Crippen LogP contribution in [0.4, 0.5) is 36.3 Å². The van der Waals surface area contributed by atoms with E-state index in [0.717, 1.165) is 18.2 Å². The summed E-state index contributed by atoms with van der Waals surface area (Å²) in [6, 6.07) is 15.0. The molecule has 31 heavy (non-hydrogen) atoms. The van der Waals surface area contributed by atoms with Crippen molar-refractivity contribution in [3.8, 4) is 0 Å². The zero-order valence-corrected chi connectivity index (χ0v) is 18.1. The summed E-state index contributed by atoms with van der Waals surface area (Å²) in [5.74, 6) is 0.597. The lowest BCUT2D eigenvalue weighted by atomic mass is 10.0. The van der Waals surface area contributed by atoms with Crippen molar-refractivity contribution in [1.29, 1.82) is 0 Å². The van der Waals surface area contributed by atoms with E-state index < -0.39 is 11.7 Å². The first-order chi connectivity index (χ1) is 14.6. The molecule has 0 aliphatic rings. The maximum atomic E-state index is 13.5. The number of nitrogens with zero attached hydrogens (tertiary/aromatic N) is 2. The quantitative estimate of drug-likeness (QED) is 0.414. The maximum Gasteiger partial charge on any atom is 0.421 e. The van der Waals surface area contributed by atoms with Crippen molar-refractivity contribution >= 4 is 23.1 Å². The van der Waals surface area contributed by atoms with E-state index in [9.17, 15) is 13.2 Å². The van der Waals surface area contributed by atoms with Crippen LogP contribution in [0.5, 0.6) is 0 Å². The monoisotopic (exact) mass is 428 g/mol. The van der Waals surface area contributed by atoms with E-state index in [1.807, 2.05) is 56.3 Å². The van der Waals surface area contributed by atoms with Crippen molar-refractivity contribution in [3.63, 3.8) is 0 Å². The van der Waals surface area contributed by atoms with E-state index in [2.05, 4.69) is 34.4 Å². The van der Waals surface area contributed by atoms with Crippen LogP contribution in [0.15, 0.2) is 54.7 Å². The summed E-state index contributed by atoms with van der Waals surface area (Å²) in [5, 5.41) is 5.81. The number of hydrogen-bond donors (Lipinski definition) is 2. The first-order valence-electron chi connectivity index (χ1n) is 10.3. The first-order valence-corrected chi connectivity index (χ1v) is 10.3. The van der Waals surface area contributed by atoms with E-state index >= 15 is 0 Å². The summed E-state index contributed by atoms with van der Waals surface area (Å²) in [6.45, 7) is 8.35. The Morgan fingerprint density at radius 3 is 2.23 bits per heavy atom. The first kappa shape index (κ1) is 22.6. The molecule has 0 aliphatic heterocycles. The average molecular weight is 429 g/mol. The molecule has 0 unspecified atom stereocenters. The number of benzene rings is 2. The zero-order valence-electron chi connectivity index (χ0n) is 18.1. The number of halogens is 3. The van der Waals surface area contributed by atoms with Crippen molar-refractivity contribution < 1.29 is 13.2 Å². The van der Waals surface area contributed by atoms with Gasteiger partial charge in [-0.15, -0.1) is 0 Å². The maximum absolute atomic E-state index is 13.5. The predicted octanol–water partition coefficient (Wildman–Crippen LogP) is 7.30. The topological polar surface area (TPSA) is 49.8 Å². The molecule has 2 aromatic carbocycles. The van der Waals surface area contributed by atoms with Gasteiger partial charge in [-0.2, -0.15) is 18.2 Å². The number of anilines is 4. The molecule has 0 amide bonds. The van der Waals surface area contributed by atoms with Gasteiger partial charge >= 0.3 is 6.18 Å². The zero-order chi connectivity index (χ0) is 22.6. The van der Waals surface area contributed by atoms with Gasteiger partial charge in [-0.05, 0) is 53.6 Å². The molecule has 0 radical (unpaired) electrons. The molecule has 0 bridgehead atoms. The van der Waals surface area contributed by atoms with Gasteiger partial charge in [0.15, 0.2) is 0 Å². The fourth-order valence-electron chi connectivity index (χ4n) is 3.18. The molecule has 0 saturated carbocycles. The number of alkyl halides is 3. The largest absolute Gasteiger partial charge is 0.421 e. The SMILES string of the molecule is CC(C)Cc1ccc(Nc2ncc(C(F)(F)F)c(Nc3cccc(C(C)C)c3)n2)cc1. The lowest BCUT2D eigenvalue weighted by Gasteiger charge is -2.16. The van der Waals surface area contributed by atoms with Crippen molar-refractivity contribution in [3.05, 3.63) is 71.4 Å². The van der Waals surface area contributed by atoms with Gasteiger partial charge < -0.3 is 10.6 Å². The van der Waals surface area contributed by atoms with Crippen LogP contribution in [0, 0.1) is 5.92 Å². The van der Waals surface area contributed by atoms with Crippen LogP contribution in [0.25, 0.3) is 0 Å². The van der Waals surface area contributed by atoms with Crippen LogP contribution in [-0.4, -0.2) is 9.97 Å². The van der Waals surface area contributed by atoms with Crippen molar-refractivity contribution in [1.82, 2.24) is 9.97 Å². The van der Waals surface area contributed by atoms with Crippen molar-refractivity contribution in [2.75, 3.05) is 10.6 Å². The minimum atomic E-state index is -4.57. The normalized spacial score (nSPS) is 11.8. The molecule has 3 rings (SSSR count). The van der Waals surface area contributed by atoms with Gasteiger partial charge in [0, 0.05) is 17.6 Å². The molecule has 1 heterocycles. The lowest BCUT2D eigenvalue weighted by Crippen LogP contribution is -2.12. The molecular formula is C24H27F3N4. The molecule has 4 nitrogen and oxygen atoms in total. The molecule has 0 fully saturated rings. The highest BCUT2D eigenvalue weighted by atomic mass is 19.4. The third-order valence-corrected chi connectivity index (χ3v) is 4.76. The van der Waals surface area contributed by atoms with Gasteiger partial charge in [0.2, 0.25) is 5.95 Å². The second-order valence-corrected chi connectivity index (χ2v) is 8.28. The number of hydrogen-bond acceptors (Lipinski definition) is 4. The van der Waals surface area contributed by atoms with Crippen molar-refractivity contribution in [2.45, 2.75) is 46.2 Å². The predicted molar refractivity (Wildman–Crippen MR) is 119 cm³/mol. The van der Waals surface area contributed by atoms with Gasteiger partial charge in [0.1, 0.15) is 11.4 Å². The summed E-state index contributed by atoms with van der Waals surface area (Å²) in [7, 11) is 0. The van der Waals surface area contributed by atoms with Crippen LogP contribution in [0.2, 0.25) is 0 Å². The molecule has 2 N–H and O–H groups in total. The van der Waals surface area contributed by atoms with Crippen LogP contribution in [-0.2, 0) is 12.6 Å². The van der Waals surface area contributed by atoms with E-state index in [1.54, 1.807) is 6.07 Å². The highest BCUT2D eigenvalue weighted by molar-refractivity contribution is 5.63. The molecule has 0 aliphatic carbocycles. The Hall–Kier alpha value is -3.09. The van der Waals surface area contributed by atoms with Gasteiger partial charge in [0.05, 0.1) is 0 Å². The molecule has 7 heteroatoms. The number of aromatic nitrogens is 2. The van der Waals surface area contributed by atoms with E-state index in [-0.39, 0.29) is 17.7 Å². The Morgan fingerprint density at radius 2 is 1.61 bits per heavy atom. The highest BCUT2D eigenvalue weighted by Crippen LogP contribution is 2.35. The van der Waals surface area contributed by atoms with Crippen LogP contribution >= 0.6 is 0 Å². The number of rotatable bonds is 7. The number of nitrogens with one attached hydrogen (secondary N) is 2. The third kappa shape index (κ3) is 6.20. The Morgan fingerprint density at radius 1 is 0.903 bits per heavy atom. The van der Waals surface area contributed by atoms with Gasteiger partial charge in [-0.25, -0.2) is 4.98 Å². The fourth-order valence-corrected chi connectivity index (χ4v) is 3.18. The Balaban J connectivity index is 1.87. The van der Waals surface area contributed by atoms with Crippen molar-refractivity contribution in [2.24, 2.45) is 5.92 Å². The van der Waals surface area contributed by atoms with E-state index in [1.165, 1.54) is 5.56 Å². The molecule has 3 aromatic rings. The molecular weight excluding hydrogens is 401 g/mol. The summed E-state index contributed by atoms with van der Waals surface area (Å²) in [4.78, 5) is 8.00. The average Bonchev–Trinajstić information content (AvgIpc) is 2.68. The fraction of sp³-hybridized carbons (Fsp3) is 0.333. The minimum Gasteiger partial charge on any atom is -0.340 e. The van der Waals surface area contributed by atoms with Gasteiger partial charge in [-0.3, -0.25) is 0 Å². The summed E-state index contributed by atoms with van der Waals surface area (Å²) >= 11 is 0. The van der Waals surface area contributed by atoms with E-state index in [0.29, 0.717) is 17.3 Å². The smallest absolute Gasteiger partial charge is 0.340 e. The van der Waals surface area contributed by atoms with Gasteiger partial charge in [-0.1, -0.05) is 52.0 Å².